The van der Waals surface area contributed by atoms with Crippen LogP contribution in [0.3, 0.4) is 0 Å². The molecule has 0 spiro atoms. The summed E-state index contributed by atoms with van der Waals surface area (Å²) < 4.78 is 16.8. The van der Waals surface area contributed by atoms with Gasteiger partial charge in [-0.15, -0.1) is 0 Å². The molecular formula is C67H116O6. The highest BCUT2D eigenvalue weighted by atomic mass is 16.6. The molecule has 6 nitrogen and oxygen atoms in total. The van der Waals surface area contributed by atoms with Gasteiger partial charge in [0.05, 0.1) is 0 Å². The van der Waals surface area contributed by atoms with Gasteiger partial charge in [-0.2, -0.15) is 0 Å². The van der Waals surface area contributed by atoms with Crippen molar-refractivity contribution < 1.29 is 28.6 Å². The van der Waals surface area contributed by atoms with Crippen molar-refractivity contribution in [1.82, 2.24) is 0 Å². The van der Waals surface area contributed by atoms with Crippen LogP contribution >= 0.6 is 0 Å². The zero-order valence-corrected chi connectivity index (χ0v) is 48.1. The van der Waals surface area contributed by atoms with Crippen LogP contribution in [0.5, 0.6) is 0 Å². The average Bonchev–Trinajstić information content (AvgIpc) is 3.39. The van der Waals surface area contributed by atoms with Crippen LogP contribution < -0.4 is 0 Å². The van der Waals surface area contributed by atoms with E-state index in [1.807, 2.05) is 0 Å². The average molecular weight is 1020 g/mol. The van der Waals surface area contributed by atoms with Gasteiger partial charge in [-0.3, -0.25) is 14.4 Å². The Morgan fingerprint density at radius 1 is 0.288 bits per heavy atom. The molecule has 0 aliphatic carbocycles. The quantitative estimate of drug-likeness (QED) is 0.0261. The molecule has 0 saturated carbocycles. The van der Waals surface area contributed by atoms with Gasteiger partial charge in [-0.1, -0.05) is 273 Å². The standard InChI is InChI=1S/C67H116O6/c1-4-7-10-13-16-18-20-22-24-26-27-28-29-30-31-32-33-34-35-36-37-38-39-41-42-44-46-48-51-54-57-60-66(69)72-63-64(62-71-65(68)59-56-53-50-15-12-9-6-3)73-67(70)61-58-55-52-49-47-45-43-40-25-23-21-19-17-14-11-8-5-2/h8,11,17,19-20,22-23,25-27,29-30,43,45,64H,4-7,9-10,12-16,18,21,24,28,31-42,44,46-63H2,1-3H3/b11-8-,19-17-,22-20-,25-23-,27-26-,30-29-,45-43-. The van der Waals surface area contributed by atoms with Gasteiger partial charge in [0.2, 0.25) is 0 Å². The number of hydrogen-bond acceptors (Lipinski definition) is 6. The Balaban J connectivity index is 4.08. The molecule has 6 heteroatoms. The summed E-state index contributed by atoms with van der Waals surface area (Å²) in [6.07, 6.45) is 80.5. The van der Waals surface area contributed by atoms with E-state index in [1.54, 1.807) is 0 Å². The summed E-state index contributed by atoms with van der Waals surface area (Å²) >= 11 is 0. The summed E-state index contributed by atoms with van der Waals surface area (Å²) in [5.74, 6) is -0.907. The maximum atomic E-state index is 12.8. The first-order valence-corrected chi connectivity index (χ1v) is 31.1. The predicted octanol–water partition coefficient (Wildman–Crippen LogP) is 21.1. The van der Waals surface area contributed by atoms with Crippen molar-refractivity contribution in [2.75, 3.05) is 13.2 Å². The smallest absolute Gasteiger partial charge is 0.306 e. The second-order valence-corrected chi connectivity index (χ2v) is 20.6. The number of allylic oxidation sites excluding steroid dienone is 14. The molecule has 0 radical (unpaired) electrons. The van der Waals surface area contributed by atoms with Crippen LogP contribution in [0.2, 0.25) is 0 Å². The lowest BCUT2D eigenvalue weighted by molar-refractivity contribution is -0.167. The molecule has 0 aliphatic heterocycles. The highest BCUT2D eigenvalue weighted by Gasteiger charge is 2.19. The minimum atomic E-state index is -0.786. The van der Waals surface area contributed by atoms with Crippen molar-refractivity contribution in [2.45, 2.75) is 309 Å². The fourth-order valence-corrected chi connectivity index (χ4v) is 8.74. The molecule has 73 heavy (non-hydrogen) atoms. The van der Waals surface area contributed by atoms with E-state index >= 15 is 0 Å². The Morgan fingerprint density at radius 2 is 0.534 bits per heavy atom. The monoisotopic (exact) mass is 1020 g/mol. The molecular weight excluding hydrogens is 901 g/mol. The van der Waals surface area contributed by atoms with Crippen molar-refractivity contribution >= 4 is 17.9 Å². The third kappa shape index (κ3) is 59.3. The molecule has 0 bridgehead atoms. The maximum Gasteiger partial charge on any atom is 0.306 e. The molecule has 0 amide bonds. The van der Waals surface area contributed by atoms with Gasteiger partial charge in [0, 0.05) is 19.3 Å². The largest absolute Gasteiger partial charge is 0.462 e. The van der Waals surface area contributed by atoms with E-state index in [0.29, 0.717) is 19.3 Å². The first-order chi connectivity index (χ1) is 36.0. The molecule has 0 aromatic carbocycles. The SMILES string of the molecule is CC/C=C\C/C=C\C/C=C\C/C=C\CCCCCCC(=O)OC(COC(=O)CCCCCCCCC)COC(=O)CCCCCCCCCCCCCCCCCC/C=C\C/C=C\C/C=C\CCCCCCC. The lowest BCUT2D eigenvalue weighted by atomic mass is 10.0. The third-order valence-electron chi connectivity index (χ3n) is 13.4. The molecule has 0 aromatic rings. The van der Waals surface area contributed by atoms with Gasteiger partial charge >= 0.3 is 17.9 Å². The molecule has 0 aromatic heterocycles. The molecule has 0 aliphatic rings. The van der Waals surface area contributed by atoms with E-state index in [9.17, 15) is 14.4 Å². The Bertz CT molecular complexity index is 1400. The number of carbonyl (C=O) groups excluding carboxylic acids is 3. The van der Waals surface area contributed by atoms with Gasteiger partial charge in [-0.25, -0.2) is 0 Å². The number of unbranched alkanes of at least 4 members (excludes halogenated alkanes) is 31. The molecule has 0 heterocycles. The first kappa shape index (κ1) is 69.6. The number of esters is 3. The Kier molecular flexibility index (Phi) is 58.3. The lowest BCUT2D eigenvalue weighted by Gasteiger charge is -2.18. The van der Waals surface area contributed by atoms with Crippen LogP contribution in [-0.2, 0) is 28.6 Å². The fourth-order valence-electron chi connectivity index (χ4n) is 8.74. The first-order valence-electron chi connectivity index (χ1n) is 31.1. The second kappa shape index (κ2) is 61.1. The zero-order valence-electron chi connectivity index (χ0n) is 48.1. The normalized spacial score (nSPS) is 12.6. The van der Waals surface area contributed by atoms with Gasteiger partial charge < -0.3 is 14.2 Å². The van der Waals surface area contributed by atoms with Crippen LogP contribution in [0.1, 0.15) is 303 Å². The molecule has 420 valence electrons. The molecule has 1 unspecified atom stereocenters. The highest BCUT2D eigenvalue weighted by Crippen LogP contribution is 2.16. The zero-order chi connectivity index (χ0) is 52.9. The van der Waals surface area contributed by atoms with Crippen LogP contribution in [0.15, 0.2) is 85.1 Å². The van der Waals surface area contributed by atoms with Crippen molar-refractivity contribution in [3.8, 4) is 0 Å². The van der Waals surface area contributed by atoms with Crippen LogP contribution in [0, 0.1) is 0 Å². The van der Waals surface area contributed by atoms with Crippen molar-refractivity contribution in [3.63, 3.8) is 0 Å². The molecule has 1 atom stereocenters. The van der Waals surface area contributed by atoms with Crippen molar-refractivity contribution in [3.05, 3.63) is 85.1 Å². The number of carbonyl (C=O) groups is 3. The summed E-state index contributed by atoms with van der Waals surface area (Å²) in [6.45, 7) is 6.47. The summed E-state index contributed by atoms with van der Waals surface area (Å²) in [7, 11) is 0. The Labute approximate surface area is 452 Å². The number of hydrogen-bond donors (Lipinski definition) is 0. The number of ether oxygens (including phenoxy) is 3. The Hall–Kier alpha value is -3.41. The Morgan fingerprint density at radius 3 is 0.836 bits per heavy atom. The molecule has 0 saturated heterocycles. The van der Waals surface area contributed by atoms with E-state index in [2.05, 4.69) is 106 Å². The van der Waals surface area contributed by atoms with E-state index in [0.717, 1.165) is 109 Å². The lowest BCUT2D eigenvalue weighted by Crippen LogP contribution is -2.30. The number of rotatable bonds is 56. The minimum Gasteiger partial charge on any atom is -0.462 e. The van der Waals surface area contributed by atoms with Crippen molar-refractivity contribution in [1.29, 1.82) is 0 Å². The van der Waals surface area contributed by atoms with Crippen LogP contribution in [-0.4, -0.2) is 37.2 Å². The maximum absolute atomic E-state index is 12.8. The van der Waals surface area contributed by atoms with Gasteiger partial charge in [0.15, 0.2) is 6.10 Å². The molecule has 0 fully saturated rings. The van der Waals surface area contributed by atoms with E-state index in [4.69, 9.17) is 14.2 Å². The topological polar surface area (TPSA) is 78.9 Å². The minimum absolute atomic E-state index is 0.0844. The van der Waals surface area contributed by atoms with E-state index in [-0.39, 0.29) is 31.1 Å². The summed E-state index contributed by atoms with van der Waals surface area (Å²) in [5, 5.41) is 0. The summed E-state index contributed by atoms with van der Waals surface area (Å²) in [4.78, 5) is 38.0. The highest BCUT2D eigenvalue weighted by molar-refractivity contribution is 5.71. The van der Waals surface area contributed by atoms with Crippen LogP contribution in [0.4, 0.5) is 0 Å². The van der Waals surface area contributed by atoms with E-state index < -0.39 is 6.10 Å². The van der Waals surface area contributed by atoms with Crippen LogP contribution in [0.25, 0.3) is 0 Å². The van der Waals surface area contributed by atoms with Gasteiger partial charge in [0.25, 0.3) is 0 Å². The van der Waals surface area contributed by atoms with E-state index in [1.165, 1.54) is 154 Å². The molecule has 0 rings (SSSR count). The van der Waals surface area contributed by atoms with Gasteiger partial charge in [-0.05, 0) is 96.3 Å². The summed E-state index contributed by atoms with van der Waals surface area (Å²) in [6, 6.07) is 0. The predicted molar refractivity (Wildman–Crippen MR) is 316 cm³/mol. The third-order valence-corrected chi connectivity index (χ3v) is 13.4. The summed E-state index contributed by atoms with van der Waals surface area (Å²) in [5.41, 5.74) is 0. The molecule has 0 N–H and O–H groups in total. The van der Waals surface area contributed by atoms with Crippen molar-refractivity contribution in [2.24, 2.45) is 0 Å². The van der Waals surface area contributed by atoms with Gasteiger partial charge in [0.1, 0.15) is 13.2 Å². The second-order valence-electron chi connectivity index (χ2n) is 20.6. The fraction of sp³-hybridized carbons (Fsp3) is 0.746.